The van der Waals surface area contributed by atoms with Crippen LogP contribution in [0.4, 0.5) is 0 Å². The minimum Gasteiger partial charge on any atom is -0.302 e. The molecule has 2 aromatic rings. The van der Waals surface area contributed by atoms with Crippen LogP contribution in [-0.2, 0) is 12.8 Å². The average Bonchev–Trinajstić information content (AvgIpc) is 3.27. The van der Waals surface area contributed by atoms with Crippen molar-refractivity contribution in [3.8, 4) is 5.82 Å². The Labute approximate surface area is 148 Å². The molecule has 2 unspecified atom stereocenters. The van der Waals surface area contributed by atoms with Crippen LogP contribution in [0.2, 0.25) is 0 Å². The molecular weight excluding hydrogens is 314 g/mol. The van der Waals surface area contributed by atoms with Crippen molar-refractivity contribution < 1.29 is 0 Å². The highest BCUT2D eigenvalue weighted by atomic mass is 16.1. The predicted octanol–water partition coefficient (Wildman–Crippen LogP) is 1.44. The van der Waals surface area contributed by atoms with Gasteiger partial charge in [-0.3, -0.25) is 14.8 Å². The SMILES string of the molecule is CCN(C)C1CCN(C2CCc3[nH]n(-c4ccccn4)c(=O)c3C2)C1. The number of rotatable bonds is 4. The van der Waals surface area contributed by atoms with Gasteiger partial charge in [0.1, 0.15) is 0 Å². The summed E-state index contributed by atoms with van der Waals surface area (Å²) in [5.41, 5.74) is 2.11. The number of fused-ring (bicyclic) bond motifs is 1. The Hall–Kier alpha value is -1.92. The molecule has 4 rings (SSSR count). The van der Waals surface area contributed by atoms with E-state index < -0.39 is 0 Å². The highest BCUT2D eigenvalue weighted by Crippen LogP contribution is 2.26. The zero-order valence-electron chi connectivity index (χ0n) is 15.1. The first-order valence-corrected chi connectivity index (χ1v) is 9.35. The van der Waals surface area contributed by atoms with Gasteiger partial charge in [0.15, 0.2) is 5.82 Å². The normalized spacial score (nSPS) is 24.0. The molecule has 25 heavy (non-hydrogen) atoms. The summed E-state index contributed by atoms with van der Waals surface area (Å²) in [6, 6.07) is 6.79. The number of aromatic amines is 1. The van der Waals surface area contributed by atoms with Crippen molar-refractivity contribution in [1.82, 2.24) is 24.6 Å². The van der Waals surface area contributed by atoms with Crippen LogP contribution >= 0.6 is 0 Å². The van der Waals surface area contributed by atoms with Crippen molar-refractivity contribution >= 4 is 0 Å². The summed E-state index contributed by atoms with van der Waals surface area (Å²) in [7, 11) is 2.21. The summed E-state index contributed by atoms with van der Waals surface area (Å²) in [6.45, 7) is 5.59. The van der Waals surface area contributed by atoms with Gasteiger partial charge >= 0.3 is 0 Å². The molecule has 1 N–H and O–H groups in total. The van der Waals surface area contributed by atoms with Crippen molar-refractivity contribution in [2.75, 3.05) is 26.7 Å². The van der Waals surface area contributed by atoms with Gasteiger partial charge in [0, 0.05) is 42.6 Å². The highest BCUT2D eigenvalue weighted by Gasteiger charge is 2.33. The Kier molecular flexibility index (Phi) is 4.48. The third-order valence-corrected chi connectivity index (χ3v) is 5.95. The van der Waals surface area contributed by atoms with Gasteiger partial charge in [-0.05, 0) is 51.4 Å². The van der Waals surface area contributed by atoms with E-state index in [0.717, 1.165) is 50.2 Å². The Bertz CT molecular complexity index is 781. The molecule has 2 aliphatic rings. The van der Waals surface area contributed by atoms with Crippen molar-refractivity contribution in [2.45, 2.75) is 44.7 Å². The first-order chi connectivity index (χ1) is 12.2. The van der Waals surface area contributed by atoms with Crippen molar-refractivity contribution in [3.05, 3.63) is 46.0 Å². The number of nitrogens with one attached hydrogen (secondary N) is 1. The first-order valence-electron chi connectivity index (χ1n) is 9.35. The van der Waals surface area contributed by atoms with E-state index in [2.05, 4.69) is 33.9 Å². The lowest BCUT2D eigenvalue weighted by Crippen LogP contribution is -2.41. The van der Waals surface area contributed by atoms with Gasteiger partial charge in [0.2, 0.25) is 0 Å². The molecule has 1 aliphatic heterocycles. The van der Waals surface area contributed by atoms with Crippen LogP contribution in [0.15, 0.2) is 29.2 Å². The fourth-order valence-corrected chi connectivity index (χ4v) is 4.26. The topological polar surface area (TPSA) is 57.2 Å². The predicted molar refractivity (Wildman–Crippen MR) is 98.3 cm³/mol. The molecule has 1 fully saturated rings. The lowest BCUT2D eigenvalue weighted by Gasteiger charge is -2.31. The van der Waals surface area contributed by atoms with E-state index in [1.165, 1.54) is 6.42 Å². The van der Waals surface area contributed by atoms with Crippen LogP contribution in [0.5, 0.6) is 0 Å². The average molecular weight is 341 g/mol. The van der Waals surface area contributed by atoms with E-state index in [4.69, 9.17) is 0 Å². The molecular formula is C19H27N5O. The van der Waals surface area contributed by atoms with Gasteiger partial charge in [0.05, 0.1) is 0 Å². The number of nitrogens with zero attached hydrogens (tertiary/aromatic N) is 4. The monoisotopic (exact) mass is 341 g/mol. The summed E-state index contributed by atoms with van der Waals surface area (Å²) in [5.74, 6) is 0.671. The smallest absolute Gasteiger partial charge is 0.276 e. The summed E-state index contributed by atoms with van der Waals surface area (Å²) < 4.78 is 1.60. The number of pyridine rings is 1. The maximum absolute atomic E-state index is 12.9. The summed E-state index contributed by atoms with van der Waals surface area (Å²) in [4.78, 5) is 22.2. The number of H-pyrrole nitrogens is 1. The van der Waals surface area contributed by atoms with Gasteiger partial charge in [-0.2, -0.15) is 0 Å². The molecule has 134 valence electrons. The second-order valence-corrected chi connectivity index (χ2v) is 7.30. The second-order valence-electron chi connectivity index (χ2n) is 7.30. The Balaban J connectivity index is 1.52. The van der Waals surface area contributed by atoms with E-state index in [1.807, 2.05) is 18.2 Å². The van der Waals surface area contributed by atoms with E-state index in [1.54, 1.807) is 10.9 Å². The highest BCUT2D eigenvalue weighted by molar-refractivity contribution is 5.28. The van der Waals surface area contributed by atoms with E-state index >= 15 is 0 Å². The van der Waals surface area contributed by atoms with Crippen molar-refractivity contribution in [2.24, 2.45) is 0 Å². The lowest BCUT2D eigenvalue weighted by atomic mass is 9.92. The second kappa shape index (κ2) is 6.77. The van der Waals surface area contributed by atoms with Crippen LogP contribution in [0, 0.1) is 0 Å². The third-order valence-electron chi connectivity index (χ3n) is 5.95. The lowest BCUT2D eigenvalue weighted by molar-refractivity contribution is 0.191. The zero-order valence-corrected chi connectivity index (χ0v) is 15.1. The van der Waals surface area contributed by atoms with Gasteiger partial charge in [-0.25, -0.2) is 9.67 Å². The molecule has 0 bridgehead atoms. The van der Waals surface area contributed by atoms with Gasteiger partial charge in [-0.1, -0.05) is 13.0 Å². The van der Waals surface area contributed by atoms with Crippen LogP contribution in [0.25, 0.3) is 5.82 Å². The molecule has 0 aromatic carbocycles. The summed E-state index contributed by atoms with van der Waals surface area (Å²) in [6.07, 6.45) is 5.88. The maximum atomic E-state index is 12.9. The molecule has 0 spiro atoms. The van der Waals surface area contributed by atoms with E-state index in [9.17, 15) is 4.79 Å². The molecule has 6 heteroatoms. The standard InChI is InChI=1S/C19H27N5O/c1-3-22(2)15-9-11-23(13-15)14-7-8-17-16(12-14)19(25)24(21-17)18-6-4-5-10-20-18/h4-6,10,14-15,21H,3,7-9,11-13H2,1-2H3. The molecule has 1 aliphatic carbocycles. The minimum atomic E-state index is 0.0693. The van der Waals surface area contributed by atoms with E-state index in [0.29, 0.717) is 17.9 Å². The van der Waals surface area contributed by atoms with Crippen molar-refractivity contribution in [3.63, 3.8) is 0 Å². The Morgan fingerprint density at radius 2 is 2.24 bits per heavy atom. The molecule has 0 saturated carbocycles. The number of aromatic nitrogens is 3. The molecule has 3 heterocycles. The Morgan fingerprint density at radius 3 is 3.00 bits per heavy atom. The van der Waals surface area contributed by atoms with Crippen LogP contribution in [0.3, 0.4) is 0 Å². The molecule has 2 atom stereocenters. The minimum absolute atomic E-state index is 0.0693. The molecule has 1 saturated heterocycles. The van der Waals surface area contributed by atoms with Crippen LogP contribution in [0.1, 0.15) is 31.0 Å². The van der Waals surface area contributed by atoms with Crippen LogP contribution in [-0.4, -0.2) is 63.3 Å². The maximum Gasteiger partial charge on any atom is 0.276 e. The number of aryl methyl sites for hydroxylation is 1. The van der Waals surface area contributed by atoms with Gasteiger partial charge < -0.3 is 4.90 Å². The summed E-state index contributed by atoms with van der Waals surface area (Å²) in [5, 5.41) is 3.28. The summed E-state index contributed by atoms with van der Waals surface area (Å²) >= 11 is 0. The molecule has 2 aromatic heterocycles. The first kappa shape index (κ1) is 16.5. The number of likely N-dealkylation sites (tertiary alicyclic amines) is 1. The molecule has 0 radical (unpaired) electrons. The zero-order chi connectivity index (χ0) is 17.4. The van der Waals surface area contributed by atoms with Crippen molar-refractivity contribution in [1.29, 1.82) is 0 Å². The van der Waals surface area contributed by atoms with Gasteiger partial charge in [-0.15, -0.1) is 0 Å². The fourth-order valence-electron chi connectivity index (χ4n) is 4.26. The van der Waals surface area contributed by atoms with Gasteiger partial charge in [0.25, 0.3) is 5.56 Å². The molecule has 0 amide bonds. The largest absolute Gasteiger partial charge is 0.302 e. The fraction of sp³-hybridized carbons (Fsp3) is 0.579. The van der Waals surface area contributed by atoms with Crippen LogP contribution < -0.4 is 5.56 Å². The quantitative estimate of drug-likeness (QED) is 0.914. The number of hydrogen-bond donors (Lipinski definition) is 1. The molecule has 6 nitrogen and oxygen atoms in total. The number of likely N-dealkylation sites (N-methyl/N-ethyl adjacent to an activating group) is 1. The third kappa shape index (κ3) is 3.04. The number of hydrogen-bond acceptors (Lipinski definition) is 4. The van der Waals surface area contributed by atoms with E-state index in [-0.39, 0.29) is 5.56 Å². The Morgan fingerprint density at radius 1 is 1.36 bits per heavy atom.